The summed E-state index contributed by atoms with van der Waals surface area (Å²) >= 11 is 1.73. The van der Waals surface area contributed by atoms with Gasteiger partial charge in [-0.1, -0.05) is 118 Å². The zero-order chi connectivity index (χ0) is 25.1. The van der Waals surface area contributed by atoms with Crippen LogP contribution in [0.25, 0.3) is 0 Å². The second-order valence-corrected chi connectivity index (χ2v) is 11.9. The highest BCUT2D eigenvalue weighted by Crippen LogP contribution is 2.50. The van der Waals surface area contributed by atoms with E-state index in [0.717, 1.165) is 22.4 Å². The van der Waals surface area contributed by atoms with Crippen LogP contribution in [0, 0.1) is 17.8 Å². The zero-order valence-corrected chi connectivity index (χ0v) is 22.3. The molecule has 1 amide bonds. The Morgan fingerprint density at radius 1 is 0.861 bits per heavy atom. The molecule has 2 aliphatic rings. The van der Waals surface area contributed by atoms with Crippen LogP contribution in [0.15, 0.2) is 95.9 Å². The highest BCUT2D eigenvalue weighted by Gasteiger charge is 2.54. The molecule has 4 heteroatoms. The number of likely N-dealkylation sites (tertiary alicyclic amines) is 1. The third kappa shape index (κ3) is 5.26. The molecule has 0 bridgehead atoms. The van der Waals surface area contributed by atoms with Gasteiger partial charge in [0.1, 0.15) is 5.37 Å². The highest BCUT2D eigenvalue weighted by molar-refractivity contribution is 7.99. The fourth-order valence-corrected chi connectivity index (χ4v) is 7.07. The van der Waals surface area contributed by atoms with E-state index in [1.54, 1.807) is 11.8 Å². The van der Waals surface area contributed by atoms with E-state index in [4.69, 9.17) is 4.74 Å². The van der Waals surface area contributed by atoms with Crippen molar-refractivity contribution < 1.29 is 9.53 Å². The Hall–Kier alpha value is -2.56. The van der Waals surface area contributed by atoms with E-state index in [1.165, 1.54) is 12.8 Å². The van der Waals surface area contributed by atoms with Gasteiger partial charge in [0.2, 0.25) is 0 Å². The first-order valence-electron chi connectivity index (χ1n) is 13.3. The van der Waals surface area contributed by atoms with E-state index in [0.29, 0.717) is 17.8 Å². The predicted molar refractivity (Wildman–Crippen MR) is 148 cm³/mol. The number of carbonyl (C=O) groups is 1. The van der Waals surface area contributed by atoms with Crippen LogP contribution in [0.4, 0.5) is 0 Å². The molecule has 1 saturated carbocycles. The van der Waals surface area contributed by atoms with Gasteiger partial charge in [0.05, 0.1) is 12.1 Å². The molecule has 0 spiro atoms. The van der Waals surface area contributed by atoms with Crippen molar-refractivity contribution in [2.24, 2.45) is 17.8 Å². The minimum atomic E-state index is -0.438. The minimum absolute atomic E-state index is 0.0990. The summed E-state index contributed by atoms with van der Waals surface area (Å²) < 4.78 is 6.82. The summed E-state index contributed by atoms with van der Waals surface area (Å²) in [6, 6.07) is 31.1. The van der Waals surface area contributed by atoms with Crippen LogP contribution >= 0.6 is 11.8 Å². The third-order valence-electron chi connectivity index (χ3n) is 7.84. The maximum absolute atomic E-state index is 14.0. The van der Waals surface area contributed by atoms with Crippen molar-refractivity contribution in [2.75, 3.05) is 0 Å². The van der Waals surface area contributed by atoms with E-state index in [2.05, 4.69) is 98.5 Å². The molecule has 0 aromatic heterocycles. The van der Waals surface area contributed by atoms with Crippen molar-refractivity contribution in [1.29, 1.82) is 0 Å². The van der Waals surface area contributed by atoms with Gasteiger partial charge < -0.3 is 9.64 Å². The molecule has 3 unspecified atom stereocenters. The largest absolute Gasteiger partial charge is 0.362 e. The lowest BCUT2D eigenvalue weighted by atomic mass is 9.75. The molecule has 36 heavy (non-hydrogen) atoms. The van der Waals surface area contributed by atoms with E-state index >= 15 is 0 Å². The quantitative estimate of drug-likeness (QED) is 0.233. The van der Waals surface area contributed by atoms with Crippen LogP contribution in [0.5, 0.6) is 0 Å². The van der Waals surface area contributed by atoms with Gasteiger partial charge in [-0.05, 0) is 53.9 Å². The van der Waals surface area contributed by atoms with Crippen molar-refractivity contribution in [2.45, 2.75) is 68.6 Å². The topological polar surface area (TPSA) is 29.5 Å². The van der Waals surface area contributed by atoms with Crippen molar-refractivity contribution >= 4 is 17.7 Å². The van der Waals surface area contributed by atoms with Crippen molar-refractivity contribution in [1.82, 2.24) is 4.90 Å². The van der Waals surface area contributed by atoms with Crippen LogP contribution in [-0.4, -0.2) is 23.0 Å². The number of thioether (sulfide) groups is 1. The summed E-state index contributed by atoms with van der Waals surface area (Å²) in [6.07, 6.45) is 3.16. The number of hydrogen-bond acceptors (Lipinski definition) is 3. The van der Waals surface area contributed by atoms with Gasteiger partial charge in [0.15, 0.2) is 6.10 Å². The smallest absolute Gasteiger partial charge is 0.256 e. The van der Waals surface area contributed by atoms with E-state index in [1.807, 2.05) is 18.2 Å². The van der Waals surface area contributed by atoms with E-state index in [-0.39, 0.29) is 23.4 Å². The fourth-order valence-electron chi connectivity index (χ4n) is 5.85. The Morgan fingerprint density at radius 3 is 2.11 bits per heavy atom. The summed E-state index contributed by atoms with van der Waals surface area (Å²) in [5.41, 5.74) is 2.27. The van der Waals surface area contributed by atoms with Crippen molar-refractivity contribution in [3.63, 3.8) is 0 Å². The number of β-lactam (4-membered cyclic amide) rings is 1. The first-order valence-corrected chi connectivity index (χ1v) is 14.2. The molecule has 5 rings (SSSR count). The Kier molecular flexibility index (Phi) is 7.83. The van der Waals surface area contributed by atoms with Crippen molar-refractivity contribution in [3.8, 4) is 0 Å². The van der Waals surface area contributed by atoms with E-state index < -0.39 is 6.10 Å². The van der Waals surface area contributed by atoms with Crippen LogP contribution in [0.2, 0.25) is 0 Å². The average molecular weight is 500 g/mol. The van der Waals surface area contributed by atoms with Gasteiger partial charge in [0.25, 0.3) is 5.91 Å². The number of ether oxygens (including phenoxy) is 1. The molecule has 0 N–H and O–H groups in total. The first-order chi connectivity index (χ1) is 17.5. The molecule has 1 heterocycles. The van der Waals surface area contributed by atoms with Crippen LogP contribution in [0.1, 0.15) is 62.6 Å². The molecule has 3 aromatic rings. The van der Waals surface area contributed by atoms with Gasteiger partial charge >= 0.3 is 0 Å². The molecule has 188 valence electrons. The van der Waals surface area contributed by atoms with Crippen LogP contribution in [-0.2, 0) is 9.53 Å². The van der Waals surface area contributed by atoms with Gasteiger partial charge in [-0.15, -0.1) is 0 Å². The van der Waals surface area contributed by atoms with Crippen molar-refractivity contribution in [3.05, 3.63) is 102 Å². The molecular weight excluding hydrogens is 462 g/mol. The lowest BCUT2D eigenvalue weighted by molar-refractivity contribution is -0.193. The molecule has 1 aliphatic heterocycles. The minimum Gasteiger partial charge on any atom is -0.362 e. The zero-order valence-electron chi connectivity index (χ0n) is 21.5. The standard InChI is InChI=1S/C32H37NO2S/c1-22(2)27-20-19-23(3)21-28(27)35-30-29(24-13-7-4-8-14-24)33(31(30)34)32(25-15-9-5-10-16-25)36-26-17-11-6-12-18-26/h4-18,22-23,27-30,32H,19-21H2,1-3H3/t23?,27?,28?,29-,30+,32+/m1/s1. The summed E-state index contributed by atoms with van der Waals surface area (Å²) in [6.45, 7) is 6.91. The Balaban J connectivity index is 1.48. The number of nitrogens with zero attached hydrogens (tertiary/aromatic N) is 1. The molecule has 3 nitrogen and oxygen atoms in total. The van der Waals surface area contributed by atoms with Crippen LogP contribution < -0.4 is 0 Å². The van der Waals surface area contributed by atoms with Gasteiger partial charge in [0, 0.05) is 4.90 Å². The number of rotatable bonds is 8. The number of hydrogen-bond donors (Lipinski definition) is 0. The maximum Gasteiger partial charge on any atom is 0.256 e. The number of benzene rings is 3. The SMILES string of the molecule is CC1CCC(C(C)C)C(O[C@@H]2C(=O)N([C@@H](Sc3ccccc3)c3ccccc3)[C@@H]2c2ccccc2)C1. The lowest BCUT2D eigenvalue weighted by Gasteiger charge is -2.52. The third-order valence-corrected chi connectivity index (χ3v) is 9.10. The summed E-state index contributed by atoms with van der Waals surface area (Å²) in [7, 11) is 0. The molecule has 6 atom stereocenters. The summed E-state index contributed by atoms with van der Waals surface area (Å²) in [5, 5.41) is -0.127. The normalized spacial score (nSPS) is 27.1. The maximum atomic E-state index is 14.0. The number of carbonyl (C=O) groups excluding carboxylic acids is 1. The molecule has 2 fully saturated rings. The summed E-state index contributed by atoms with van der Waals surface area (Å²) in [5.74, 6) is 1.79. The first kappa shape index (κ1) is 25.1. The van der Waals surface area contributed by atoms with Gasteiger partial charge in [-0.2, -0.15) is 0 Å². The van der Waals surface area contributed by atoms with Gasteiger partial charge in [-0.3, -0.25) is 4.79 Å². The molecule has 0 radical (unpaired) electrons. The predicted octanol–water partition coefficient (Wildman–Crippen LogP) is 7.91. The average Bonchev–Trinajstić information content (AvgIpc) is 2.90. The second kappa shape index (κ2) is 11.2. The van der Waals surface area contributed by atoms with Crippen LogP contribution in [0.3, 0.4) is 0 Å². The Labute approximate surface area is 220 Å². The molecular formula is C32H37NO2S. The second-order valence-electron chi connectivity index (χ2n) is 10.7. The monoisotopic (exact) mass is 499 g/mol. The molecule has 1 saturated heterocycles. The highest BCUT2D eigenvalue weighted by atomic mass is 32.2. The Bertz CT molecular complexity index is 1120. The lowest BCUT2D eigenvalue weighted by Crippen LogP contribution is -2.61. The summed E-state index contributed by atoms with van der Waals surface area (Å²) in [4.78, 5) is 17.2. The number of amides is 1. The van der Waals surface area contributed by atoms with Gasteiger partial charge in [-0.25, -0.2) is 0 Å². The fraction of sp³-hybridized carbons (Fsp3) is 0.406. The molecule has 3 aromatic carbocycles. The molecule has 1 aliphatic carbocycles. The Morgan fingerprint density at radius 2 is 1.47 bits per heavy atom. The van der Waals surface area contributed by atoms with E-state index in [9.17, 15) is 4.79 Å².